The molecule has 2 heterocycles. The summed E-state index contributed by atoms with van der Waals surface area (Å²) in [6.45, 7) is 1.91. The Hall–Kier alpha value is -2.46. The molecule has 1 aliphatic heterocycles. The zero-order valence-electron chi connectivity index (χ0n) is 13.5. The van der Waals surface area contributed by atoms with Gasteiger partial charge in [-0.25, -0.2) is 0 Å². The number of para-hydroxylation sites is 1. The molecular formula is C19H17ClN2O2. The van der Waals surface area contributed by atoms with Crippen LogP contribution < -0.4 is 10.1 Å². The van der Waals surface area contributed by atoms with Crippen molar-refractivity contribution in [1.82, 2.24) is 4.57 Å². The molecule has 1 aliphatic rings. The number of anilines is 1. The highest BCUT2D eigenvalue weighted by molar-refractivity contribution is 6.35. The molecule has 24 heavy (non-hydrogen) atoms. The lowest BCUT2D eigenvalue weighted by molar-refractivity contribution is -0.117. The quantitative estimate of drug-likeness (QED) is 0.703. The Morgan fingerprint density at radius 1 is 1.25 bits per heavy atom. The standard InChI is InChI=1S/C19H17ClN2O2/c1-11-9-18(23)21-15-7-3-5-12(19(15)24-11)17-10-13-14(20)6-4-8-16(13)22(17)2/h3-8,10-11H,9H2,1-2H3,(H,21,23)/t11-/m1/s1. The second kappa shape index (κ2) is 5.56. The van der Waals surface area contributed by atoms with Crippen molar-refractivity contribution < 1.29 is 9.53 Å². The maximum absolute atomic E-state index is 11.9. The number of amides is 1. The van der Waals surface area contributed by atoms with Gasteiger partial charge in [0.05, 0.1) is 17.8 Å². The molecule has 1 atom stereocenters. The number of nitrogens with one attached hydrogen (secondary N) is 1. The first-order chi connectivity index (χ1) is 11.5. The van der Waals surface area contributed by atoms with Crippen LogP contribution in [-0.4, -0.2) is 16.6 Å². The number of ether oxygens (including phenoxy) is 1. The number of benzene rings is 2. The van der Waals surface area contributed by atoms with Crippen LogP contribution >= 0.6 is 11.6 Å². The van der Waals surface area contributed by atoms with E-state index < -0.39 is 0 Å². The predicted molar refractivity (Wildman–Crippen MR) is 96.7 cm³/mol. The fourth-order valence-electron chi connectivity index (χ4n) is 3.25. The van der Waals surface area contributed by atoms with Crippen LogP contribution in [0.25, 0.3) is 22.2 Å². The van der Waals surface area contributed by atoms with E-state index in [1.165, 1.54) is 0 Å². The van der Waals surface area contributed by atoms with Crippen molar-refractivity contribution in [2.45, 2.75) is 19.4 Å². The van der Waals surface area contributed by atoms with Crippen molar-refractivity contribution in [2.24, 2.45) is 7.05 Å². The van der Waals surface area contributed by atoms with Crippen LogP contribution in [0.3, 0.4) is 0 Å². The molecule has 0 bridgehead atoms. The maximum Gasteiger partial charge on any atom is 0.228 e. The number of aryl methyl sites for hydroxylation is 1. The number of fused-ring (bicyclic) bond motifs is 2. The van der Waals surface area contributed by atoms with Crippen LogP contribution in [0.15, 0.2) is 42.5 Å². The molecule has 4 nitrogen and oxygen atoms in total. The molecule has 0 unspecified atom stereocenters. The van der Waals surface area contributed by atoms with Gasteiger partial charge in [-0.2, -0.15) is 0 Å². The van der Waals surface area contributed by atoms with E-state index in [-0.39, 0.29) is 12.0 Å². The zero-order chi connectivity index (χ0) is 16.8. The Kier molecular flexibility index (Phi) is 3.50. The summed E-state index contributed by atoms with van der Waals surface area (Å²) >= 11 is 6.34. The van der Waals surface area contributed by atoms with E-state index in [0.29, 0.717) is 17.9 Å². The van der Waals surface area contributed by atoms with E-state index in [1.54, 1.807) is 0 Å². The molecule has 5 heteroatoms. The van der Waals surface area contributed by atoms with Gasteiger partial charge in [0.1, 0.15) is 6.10 Å². The van der Waals surface area contributed by atoms with Crippen molar-refractivity contribution in [3.63, 3.8) is 0 Å². The monoisotopic (exact) mass is 340 g/mol. The number of nitrogens with zero attached hydrogens (tertiary/aromatic N) is 1. The SMILES string of the molecule is C[C@@H]1CC(=O)Nc2cccc(-c3cc4c(Cl)cccc4n3C)c2O1. The molecule has 1 N–H and O–H groups in total. The molecule has 0 fully saturated rings. The lowest BCUT2D eigenvalue weighted by Gasteiger charge is -2.16. The minimum atomic E-state index is -0.175. The van der Waals surface area contributed by atoms with Gasteiger partial charge in [0.25, 0.3) is 0 Å². The first-order valence-corrected chi connectivity index (χ1v) is 8.26. The van der Waals surface area contributed by atoms with Gasteiger partial charge in [0.2, 0.25) is 5.91 Å². The first kappa shape index (κ1) is 15.1. The minimum absolute atomic E-state index is 0.0292. The Morgan fingerprint density at radius 2 is 2.04 bits per heavy atom. The van der Waals surface area contributed by atoms with Crippen LogP contribution in [-0.2, 0) is 11.8 Å². The molecule has 2 aromatic carbocycles. The molecule has 4 rings (SSSR count). The Balaban J connectivity index is 1.96. The Bertz CT molecular complexity index is 961. The number of hydrogen-bond acceptors (Lipinski definition) is 2. The summed E-state index contributed by atoms with van der Waals surface area (Å²) in [5.74, 6) is 0.677. The predicted octanol–water partition coefficient (Wildman–Crippen LogP) is 4.61. The number of carbonyl (C=O) groups is 1. The molecule has 3 aromatic rings. The number of aromatic nitrogens is 1. The average Bonchev–Trinajstić information content (AvgIpc) is 2.79. The summed E-state index contributed by atoms with van der Waals surface area (Å²) < 4.78 is 8.16. The van der Waals surface area contributed by atoms with Crippen molar-refractivity contribution in [1.29, 1.82) is 0 Å². The number of hydrogen-bond donors (Lipinski definition) is 1. The highest BCUT2D eigenvalue weighted by atomic mass is 35.5. The van der Waals surface area contributed by atoms with Crippen molar-refractivity contribution in [2.75, 3.05) is 5.32 Å². The van der Waals surface area contributed by atoms with E-state index in [1.807, 2.05) is 50.4 Å². The first-order valence-electron chi connectivity index (χ1n) is 7.88. The number of rotatable bonds is 1. The van der Waals surface area contributed by atoms with Gasteiger partial charge in [-0.3, -0.25) is 4.79 Å². The van der Waals surface area contributed by atoms with Crippen LogP contribution in [0.1, 0.15) is 13.3 Å². The molecule has 0 spiro atoms. The Morgan fingerprint density at radius 3 is 2.83 bits per heavy atom. The van der Waals surface area contributed by atoms with Gasteiger partial charge in [0, 0.05) is 28.5 Å². The van der Waals surface area contributed by atoms with E-state index in [0.717, 1.165) is 27.2 Å². The largest absolute Gasteiger partial charge is 0.487 e. The van der Waals surface area contributed by atoms with Crippen molar-refractivity contribution in [3.8, 4) is 17.0 Å². The lowest BCUT2D eigenvalue weighted by atomic mass is 10.1. The van der Waals surface area contributed by atoms with Crippen LogP contribution in [0.2, 0.25) is 5.02 Å². The highest BCUT2D eigenvalue weighted by Gasteiger charge is 2.23. The normalized spacial score (nSPS) is 17.1. The molecule has 0 aliphatic carbocycles. The molecular weight excluding hydrogens is 324 g/mol. The zero-order valence-corrected chi connectivity index (χ0v) is 14.2. The molecule has 0 saturated heterocycles. The summed E-state index contributed by atoms with van der Waals surface area (Å²) in [6.07, 6.45) is 0.167. The summed E-state index contributed by atoms with van der Waals surface area (Å²) in [7, 11) is 2.01. The highest BCUT2D eigenvalue weighted by Crippen LogP contribution is 2.41. The van der Waals surface area contributed by atoms with Gasteiger partial charge < -0.3 is 14.6 Å². The van der Waals surface area contributed by atoms with Crippen LogP contribution in [0.4, 0.5) is 5.69 Å². The second-order valence-corrected chi connectivity index (χ2v) is 6.53. The van der Waals surface area contributed by atoms with E-state index in [2.05, 4.69) is 16.0 Å². The molecule has 122 valence electrons. The van der Waals surface area contributed by atoms with E-state index in [9.17, 15) is 4.79 Å². The van der Waals surface area contributed by atoms with Gasteiger partial charge in [-0.05, 0) is 37.3 Å². The molecule has 1 aromatic heterocycles. The fourth-order valence-corrected chi connectivity index (χ4v) is 3.48. The average molecular weight is 341 g/mol. The number of carbonyl (C=O) groups excluding carboxylic acids is 1. The summed E-state index contributed by atoms with van der Waals surface area (Å²) in [6, 6.07) is 13.7. The molecule has 0 radical (unpaired) electrons. The fraction of sp³-hybridized carbons (Fsp3) is 0.211. The van der Waals surface area contributed by atoms with Gasteiger partial charge >= 0.3 is 0 Å². The lowest BCUT2D eigenvalue weighted by Crippen LogP contribution is -2.17. The minimum Gasteiger partial charge on any atom is -0.487 e. The van der Waals surface area contributed by atoms with Gasteiger partial charge in [0.15, 0.2) is 5.75 Å². The summed E-state index contributed by atoms with van der Waals surface area (Å²) in [4.78, 5) is 11.9. The van der Waals surface area contributed by atoms with Gasteiger partial charge in [-0.15, -0.1) is 0 Å². The third-order valence-corrected chi connectivity index (χ3v) is 4.72. The van der Waals surface area contributed by atoms with Crippen LogP contribution in [0.5, 0.6) is 5.75 Å². The van der Waals surface area contributed by atoms with Crippen molar-refractivity contribution >= 4 is 34.1 Å². The summed E-state index contributed by atoms with van der Waals surface area (Å²) in [5.41, 5.74) is 3.70. The molecule has 1 amide bonds. The second-order valence-electron chi connectivity index (χ2n) is 6.12. The van der Waals surface area contributed by atoms with Crippen LogP contribution in [0, 0.1) is 0 Å². The smallest absolute Gasteiger partial charge is 0.228 e. The van der Waals surface area contributed by atoms with E-state index in [4.69, 9.17) is 16.3 Å². The number of halogens is 1. The maximum atomic E-state index is 11.9. The third kappa shape index (κ3) is 2.34. The van der Waals surface area contributed by atoms with E-state index >= 15 is 0 Å². The van der Waals surface area contributed by atoms with Crippen molar-refractivity contribution in [3.05, 3.63) is 47.5 Å². The topological polar surface area (TPSA) is 43.3 Å². The van der Waals surface area contributed by atoms with Gasteiger partial charge in [-0.1, -0.05) is 23.7 Å². The molecule has 0 saturated carbocycles. The summed E-state index contributed by atoms with van der Waals surface area (Å²) in [5, 5.41) is 4.65. The Labute approximate surface area is 145 Å². The third-order valence-electron chi connectivity index (χ3n) is 4.39.